The van der Waals surface area contributed by atoms with E-state index in [0.29, 0.717) is 30.2 Å². The van der Waals surface area contributed by atoms with E-state index in [1.165, 1.54) is 5.56 Å². The van der Waals surface area contributed by atoms with Crippen molar-refractivity contribution >= 4 is 11.6 Å². The second-order valence-corrected chi connectivity index (χ2v) is 6.75. The Morgan fingerprint density at radius 1 is 1.14 bits per heavy atom. The zero-order valence-corrected chi connectivity index (χ0v) is 16.1. The van der Waals surface area contributed by atoms with Crippen molar-refractivity contribution in [1.29, 1.82) is 0 Å². The van der Waals surface area contributed by atoms with Crippen molar-refractivity contribution in [2.45, 2.75) is 38.2 Å². The van der Waals surface area contributed by atoms with Crippen LogP contribution in [-0.4, -0.2) is 31.4 Å². The van der Waals surface area contributed by atoms with Gasteiger partial charge in [0.25, 0.3) is 5.91 Å². The summed E-state index contributed by atoms with van der Waals surface area (Å²) in [5.74, 6) is 0.812. The van der Waals surface area contributed by atoms with Crippen LogP contribution < -0.4 is 15.2 Å². The number of carbonyl (C=O) groups excluding carboxylic acids is 1. The van der Waals surface area contributed by atoms with Crippen LogP contribution in [0.25, 0.3) is 0 Å². The first-order valence-corrected chi connectivity index (χ1v) is 9.54. The van der Waals surface area contributed by atoms with Crippen molar-refractivity contribution < 1.29 is 19.1 Å². The van der Waals surface area contributed by atoms with Crippen molar-refractivity contribution in [2.24, 2.45) is 10.9 Å². The molecule has 1 atom stereocenters. The Labute approximate surface area is 165 Å². The molecule has 2 N–H and O–H groups in total. The molecule has 0 saturated heterocycles. The topological polar surface area (TPSA) is 83.1 Å². The second kappa shape index (κ2) is 9.78. The van der Waals surface area contributed by atoms with Crippen LogP contribution in [0.5, 0.6) is 11.5 Å². The lowest BCUT2D eigenvalue weighted by atomic mass is 10.0. The minimum atomic E-state index is -0.703. The third-order valence-electron chi connectivity index (χ3n) is 4.69. The van der Waals surface area contributed by atoms with E-state index in [1.54, 1.807) is 7.11 Å². The molecule has 0 fully saturated rings. The highest BCUT2D eigenvalue weighted by atomic mass is 16.6. The molecule has 6 nitrogen and oxygen atoms in total. The Morgan fingerprint density at radius 2 is 1.96 bits per heavy atom. The third-order valence-corrected chi connectivity index (χ3v) is 4.69. The van der Waals surface area contributed by atoms with E-state index >= 15 is 0 Å². The van der Waals surface area contributed by atoms with Crippen molar-refractivity contribution in [3.05, 3.63) is 59.7 Å². The molecule has 6 heteroatoms. The summed E-state index contributed by atoms with van der Waals surface area (Å²) < 4.78 is 11.3. The zero-order valence-electron chi connectivity index (χ0n) is 16.1. The number of primary amides is 1. The molecule has 1 aliphatic heterocycles. The number of oxime groups is 1. The number of benzene rings is 2. The van der Waals surface area contributed by atoms with Crippen molar-refractivity contribution in [3.8, 4) is 11.5 Å². The van der Waals surface area contributed by atoms with Gasteiger partial charge in [-0.3, -0.25) is 4.79 Å². The van der Waals surface area contributed by atoms with E-state index in [2.05, 4.69) is 29.4 Å². The highest BCUT2D eigenvalue weighted by Crippen LogP contribution is 2.30. The molecular formula is C22H26N2O4. The molecule has 1 unspecified atom stereocenters. The van der Waals surface area contributed by atoms with E-state index in [0.717, 1.165) is 31.2 Å². The van der Waals surface area contributed by atoms with Gasteiger partial charge in [0.1, 0.15) is 0 Å². The first kappa shape index (κ1) is 19.7. The molecular weight excluding hydrogens is 356 g/mol. The van der Waals surface area contributed by atoms with Crippen LogP contribution in [-0.2, 0) is 16.1 Å². The van der Waals surface area contributed by atoms with Crippen molar-refractivity contribution in [1.82, 2.24) is 0 Å². The van der Waals surface area contributed by atoms with Crippen LogP contribution in [0.15, 0.2) is 53.7 Å². The van der Waals surface area contributed by atoms with Gasteiger partial charge in [-0.15, -0.1) is 0 Å². The van der Waals surface area contributed by atoms with Gasteiger partial charge in [-0.2, -0.15) is 0 Å². The van der Waals surface area contributed by atoms with Gasteiger partial charge < -0.3 is 20.0 Å². The number of carbonyl (C=O) groups is 1. The maximum absolute atomic E-state index is 11.2. The monoisotopic (exact) mass is 382 g/mol. The average molecular weight is 382 g/mol. The van der Waals surface area contributed by atoms with Crippen LogP contribution in [0, 0.1) is 0 Å². The predicted octanol–water partition coefficient (Wildman–Crippen LogP) is 3.47. The molecule has 3 rings (SSSR count). The number of nitrogens with zero attached hydrogens (tertiary/aromatic N) is 1. The van der Waals surface area contributed by atoms with E-state index in [1.807, 2.05) is 24.3 Å². The third kappa shape index (κ3) is 5.25. The summed E-state index contributed by atoms with van der Waals surface area (Å²) in [6, 6.07) is 16.1. The molecule has 0 bridgehead atoms. The minimum Gasteiger partial charge on any atom is -0.493 e. The van der Waals surface area contributed by atoms with E-state index < -0.39 is 12.0 Å². The molecule has 0 saturated carbocycles. The lowest BCUT2D eigenvalue weighted by molar-refractivity contribution is -0.127. The first-order chi connectivity index (χ1) is 13.7. The second-order valence-electron chi connectivity index (χ2n) is 6.75. The Kier molecular flexibility index (Phi) is 6.89. The highest BCUT2D eigenvalue weighted by molar-refractivity contribution is 6.04. The Bertz CT molecular complexity index is 821. The quantitative estimate of drug-likeness (QED) is 0.638. The number of nitrogens with two attached hydrogens (primary N) is 1. The molecule has 1 heterocycles. The van der Waals surface area contributed by atoms with Gasteiger partial charge in [-0.05, 0) is 49.4 Å². The Hall–Kier alpha value is -3.02. The molecule has 148 valence electrons. The van der Waals surface area contributed by atoms with Gasteiger partial charge in [0.05, 0.1) is 19.4 Å². The summed E-state index contributed by atoms with van der Waals surface area (Å²) in [4.78, 5) is 16.3. The summed E-state index contributed by atoms with van der Waals surface area (Å²) in [5, 5.41) is 3.97. The fourth-order valence-corrected chi connectivity index (χ4v) is 3.10. The van der Waals surface area contributed by atoms with E-state index in [-0.39, 0.29) is 0 Å². The SMILES string of the molecule is COc1ccc(C2=NOC(C(N)=O)C2)cc1OCCCCCc1ccccc1. The lowest BCUT2D eigenvalue weighted by Gasteiger charge is -2.12. The maximum Gasteiger partial charge on any atom is 0.261 e. The Balaban J connectivity index is 1.49. The normalized spacial score (nSPS) is 15.6. The summed E-state index contributed by atoms with van der Waals surface area (Å²) in [5.41, 5.74) is 8.16. The number of unbranched alkanes of at least 4 members (excludes halogenated alkanes) is 2. The number of amides is 1. The fraction of sp³-hybridized carbons (Fsp3) is 0.364. The summed E-state index contributed by atoms with van der Waals surface area (Å²) in [6.45, 7) is 0.613. The number of hydrogen-bond donors (Lipinski definition) is 1. The number of methoxy groups -OCH3 is 1. The molecule has 0 spiro atoms. The largest absolute Gasteiger partial charge is 0.493 e. The molecule has 0 aromatic heterocycles. The molecule has 28 heavy (non-hydrogen) atoms. The zero-order chi connectivity index (χ0) is 19.8. The van der Waals surface area contributed by atoms with Crippen LogP contribution in [0.1, 0.15) is 36.8 Å². The Morgan fingerprint density at radius 3 is 2.68 bits per heavy atom. The number of ether oxygens (including phenoxy) is 2. The standard InChI is InChI=1S/C22H26N2O4/c1-26-19-12-11-17(18-15-21(22(23)25)28-24-18)14-20(19)27-13-7-3-6-10-16-8-4-2-5-9-16/h2,4-5,8-9,11-12,14,21H,3,6-7,10,13,15H2,1H3,(H2,23,25). The number of hydrogen-bond acceptors (Lipinski definition) is 5. The van der Waals surface area contributed by atoms with E-state index in [9.17, 15) is 4.79 Å². The van der Waals surface area contributed by atoms with Gasteiger partial charge >= 0.3 is 0 Å². The molecule has 0 aliphatic carbocycles. The van der Waals surface area contributed by atoms with Gasteiger partial charge in [0, 0.05) is 12.0 Å². The molecule has 2 aromatic rings. The van der Waals surface area contributed by atoms with Crippen LogP contribution in [0.4, 0.5) is 0 Å². The van der Waals surface area contributed by atoms with Crippen LogP contribution >= 0.6 is 0 Å². The maximum atomic E-state index is 11.2. The summed E-state index contributed by atoms with van der Waals surface area (Å²) in [7, 11) is 1.61. The van der Waals surface area contributed by atoms with Gasteiger partial charge in [0.15, 0.2) is 11.5 Å². The van der Waals surface area contributed by atoms with Crippen molar-refractivity contribution in [3.63, 3.8) is 0 Å². The smallest absolute Gasteiger partial charge is 0.261 e. The first-order valence-electron chi connectivity index (χ1n) is 9.54. The van der Waals surface area contributed by atoms with Gasteiger partial charge in [-0.1, -0.05) is 35.5 Å². The van der Waals surface area contributed by atoms with Crippen LogP contribution in [0.3, 0.4) is 0 Å². The number of rotatable bonds is 10. The van der Waals surface area contributed by atoms with Gasteiger partial charge in [0.2, 0.25) is 6.10 Å². The van der Waals surface area contributed by atoms with Crippen LogP contribution in [0.2, 0.25) is 0 Å². The van der Waals surface area contributed by atoms with Crippen molar-refractivity contribution in [2.75, 3.05) is 13.7 Å². The molecule has 2 aromatic carbocycles. The molecule has 1 amide bonds. The summed E-state index contributed by atoms with van der Waals surface area (Å²) in [6.07, 6.45) is 3.94. The molecule has 1 aliphatic rings. The minimum absolute atomic E-state index is 0.362. The average Bonchev–Trinajstić information content (AvgIpc) is 3.22. The summed E-state index contributed by atoms with van der Waals surface area (Å²) >= 11 is 0. The molecule has 0 radical (unpaired) electrons. The highest BCUT2D eigenvalue weighted by Gasteiger charge is 2.27. The predicted molar refractivity (Wildman–Crippen MR) is 108 cm³/mol. The van der Waals surface area contributed by atoms with Gasteiger partial charge in [-0.25, -0.2) is 0 Å². The number of aryl methyl sites for hydroxylation is 1. The van der Waals surface area contributed by atoms with E-state index in [4.69, 9.17) is 20.0 Å². The lowest BCUT2D eigenvalue weighted by Crippen LogP contribution is -2.28. The fourth-order valence-electron chi connectivity index (χ4n) is 3.10.